The minimum Gasteiger partial charge on any atom is -0.481 e. The van der Waals surface area contributed by atoms with Crippen LogP contribution in [0.25, 0.3) is 0 Å². The molecule has 0 spiro atoms. The molecule has 8 nitrogen and oxygen atoms in total. The Morgan fingerprint density at radius 2 is 0.667 bits per heavy atom. The molecule has 0 bridgehead atoms. The molecule has 0 amide bonds. The molecule has 1 fully saturated rings. The first-order chi connectivity index (χ1) is 42.6. The molecule has 8 heteroatoms. The van der Waals surface area contributed by atoms with E-state index in [4.69, 9.17) is 14.2 Å². The molecular weight excluding hydrogens is 1080 g/mol. The topological polar surface area (TPSA) is 116 Å². The summed E-state index contributed by atoms with van der Waals surface area (Å²) in [6.07, 6.45) is 69.0. The number of carbonyl (C=O) groups is 4. The number of unbranched alkanes of at least 4 members (excludes halogenated alkanes) is 40. The molecule has 3 atom stereocenters. The van der Waals surface area contributed by atoms with Crippen LogP contribution in [0.15, 0.2) is 12.2 Å². The second-order valence-electron chi connectivity index (χ2n) is 27.9. The third-order valence-electron chi connectivity index (χ3n) is 20.9. The van der Waals surface area contributed by atoms with Gasteiger partial charge in [-0.05, 0) is 93.3 Å². The minimum atomic E-state index is -0.838. The van der Waals surface area contributed by atoms with Gasteiger partial charge in [0.2, 0.25) is 0 Å². The van der Waals surface area contributed by atoms with E-state index in [0.717, 1.165) is 122 Å². The van der Waals surface area contributed by atoms with Crippen molar-refractivity contribution >= 4 is 23.9 Å². The van der Waals surface area contributed by atoms with Crippen LogP contribution in [0.1, 0.15) is 427 Å². The average molecular weight is 1230 g/mol. The Balaban J connectivity index is 3.78. The Morgan fingerprint density at radius 3 is 0.989 bits per heavy atom. The fraction of sp³-hybridized carbons (Fsp3) is 0.924. The van der Waals surface area contributed by atoms with Gasteiger partial charge in [0.05, 0.1) is 19.8 Å². The first kappa shape index (κ1) is 82.6. The number of carbonyl (C=O) groups excluding carboxylic acids is 3. The summed E-state index contributed by atoms with van der Waals surface area (Å²) in [6, 6.07) is 0. The normalized spacial score (nSPS) is 18.1. The first-order valence-electron chi connectivity index (χ1n) is 38.9. The first-order valence-corrected chi connectivity index (χ1v) is 38.9. The van der Waals surface area contributed by atoms with Crippen LogP contribution in [0.2, 0.25) is 0 Å². The van der Waals surface area contributed by atoms with E-state index in [2.05, 4.69) is 53.7 Å². The van der Waals surface area contributed by atoms with E-state index in [1.54, 1.807) is 0 Å². The maximum Gasteiger partial charge on any atom is 0.305 e. The Kier molecular flexibility index (Phi) is 55.7. The van der Waals surface area contributed by atoms with Crippen molar-refractivity contribution in [2.45, 2.75) is 427 Å². The van der Waals surface area contributed by atoms with E-state index in [-0.39, 0.29) is 49.5 Å². The van der Waals surface area contributed by atoms with Gasteiger partial charge >= 0.3 is 23.9 Å². The smallest absolute Gasteiger partial charge is 0.305 e. The van der Waals surface area contributed by atoms with Gasteiger partial charge in [0.25, 0.3) is 0 Å². The van der Waals surface area contributed by atoms with Crippen molar-refractivity contribution in [3.05, 3.63) is 12.2 Å². The van der Waals surface area contributed by atoms with Gasteiger partial charge in [0.1, 0.15) is 0 Å². The van der Waals surface area contributed by atoms with Crippen molar-refractivity contribution in [2.75, 3.05) is 19.8 Å². The number of hydrogen-bond donors (Lipinski definition) is 1. The highest BCUT2D eigenvalue weighted by molar-refractivity contribution is 5.71. The van der Waals surface area contributed by atoms with Gasteiger partial charge in [-0.15, -0.1) is 0 Å². The Morgan fingerprint density at radius 1 is 0.368 bits per heavy atom. The van der Waals surface area contributed by atoms with Crippen LogP contribution in [-0.4, -0.2) is 48.8 Å². The summed E-state index contributed by atoms with van der Waals surface area (Å²) >= 11 is 0. The molecule has 0 aromatic rings. The lowest BCUT2D eigenvalue weighted by atomic mass is 9.40. The molecule has 0 aromatic heterocycles. The summed E-state index contributed by atoms with van der Waals surface area (Å²) in [5.74, 6) is -1.24. The van der Waals surface area contributed by atoms with Crippen molar-refractivity contribution in [1.29, 1.82) is 0 Å². The van der Waals surface area contributed by atoms with Crippen LogP contribution in [0, 0.1) is 22.2 Å². The fourth-order valence-electron chi connectivity index (χ4n) is 15.7. The van der Waals surface area contributed by atoms with Crippen LogP contribution >= 0.6 is 0 Å². The molecule has 512 valence electrons. The van der Waals surface area contributed by atoms with Gasteiger partial charge in [-0.3, -0.25) is 19.2 Å². The molecule has 0 heterocycles. The second kappa shape index (κ2) is 58.7. The van der Waals surface area contributed by atoms with Gasteiger partial charge in [-0.2, -0.15) is 0 Å². The molecule has 1 N–H and O–H groups in total. The zero-order valence-corrected chi connectivity index (χ0v) is 59.1. The van der Waals surface area contributed by atoms with Crippen molar-refractivity contribution < 1.29 is 38.5 Å². The third-order valence-corrected chi connectivity index (χ3v) is 20.9. The quantitative estimate of drug-likeness (QED) is 0.0277. The maximum atomic E-state index is 14.5. The van der Waals surface area contributed by atoms with Crippen LogP contribution in [-0.2, 0) is 33.4 Å². The highest BCUT2D eigenvalue weighted by atomic mass is 16.5. The molecule has 1 aliphatic rings. The average Bonchev–Trinajstić information content (AvgIpc) is 0.765. The van der Waals surface area contributed by atoms with Gasteiger partial charge in [-0.25, -0.2) is 0 Å². The summed E-state index contributed by atoms with van der Waals surface area (Å²) in [5, 5.41) is 11.0. The van der Waals surface area contributed by atoms with E-state index in [9.17, 15) is 24.3 Å². The lowest BCUT2D eigenvalue weighted by Crippen LogP contribution is -2.57. The van der Waals surface area contributed by atoms with Gasteiger partial charge in [0.15, 0.2) is 0 Å². The molecule has 0 saturated heterocycles. The number of ether oxygens (including phenoxy) is 3. The van der Waals surface area contributed by atoms with Crippen LogP contribution < -0.4 is 0 Å². The Bertz CT molecular complexity index is 1570. The summed E-state index contributed by atoms with van der Waals surface area (Å²) < 4.78 is 18.5. The molecule has 0 aliphatic heterocycles. The molecule has 1 aliphatic carbocycles. The van der Waals surface area contributed by atoms with E-state index >= 15 is 0 Å². The fourth-order valence-corrected chi connectivity index (χ4v) is 15.7. The molecule has 1 rings (SSSR count). The molecule has 1 saturated carbocycles. The van der Waals surface area contributed by atoms with Crippen molar-refractivity contribution in [2.24, 2.45) is 22.2 Å². The Hall–Kier alpha value is -2.38. The highest BCUT2D eigenvalue weighted by Gasteiger charge is 2.62. The number of carboxylic acid groups (broad SMARTS) is 1. The number of rotatable bonds is 62. The summed E-state index contributed by atoms with van der Waals surface area (Å²) in [7, 11) is 0. The van der Waals surface area contributed by atoms with E-state index in [0.29, 0.717) is 45.5 Å². The van der Waals surface area contributed by atoms with Crippen LogP contribution in [0.4, 0.5) is 0 Å². The number of carboxylic acids is 1. The van der Waals surface area contributed by atoms with Crippen LogP contribution in [0.5, 0.6) is 0 Å². The molecule has 0 aromatic carbocycles. The van der Waals surface area contributed by atoms with Crippen molar-refractivity contribution in [3.63, 3.8) is 0 Å². The van der Waals surface area contributed by atoms with Gasteiger partial charge in [-0.1, -0.05) is 342 Å². The maximum absolute atomic E-state index is 14.5. The number of aliphatic carboxylic acids is 1. The minimum absolute atomic E-state index is 0.0454. The van der Waals surface area contributed by atoms with E-state index in [1.165, 1.54) is 212 Å². The monoisotopic (exact) mass is 1230 g/mol. The van der Waals surface area contributed by atoms with E-state index in [1.807, 2.05) is 0 Å². The summed E-state index contributed by atoms with van der Waals surface area (Å²) in [6.45, 7) is 14.8. The lowest BCUT2D eigenvalue weighted by molar-refractivity contribution is -0.165. The van der Waals surface area contributed by atoms with Crippen molar-refractivity contribution in [3.8, 4) is 0 Å². The second-order valence-corrected chi connectivity index (χ2v) is 27.9. The van der Waals surface area contributed by atoms with Gasteiger partial charge in [0, 0.05) is 25.7 Å². The van der Waals surface area contributed by atoms with Crippen LogP contribution in [0.3, 0.4) is 0 Å². The van der Waals surface area contributed by atoms with Crippen molar-refractivity contribution in [1.82, 2.24) is 0 Å². The molecular formula is C79H148O8. The lowest BCUT2D eigenvalue weighted by Gasteiger charge is -2.64. The standard InChI is InChI=1S/C79H148O8/c1-7-13-17-21-25-29-33-34-35-36-37-41-46-53-64-78(62-11-5)72(12-6)57-51-45-47-52-63-77(65-59-74(82)85-69-54-48-42-38-30-26-22-18-14-8-2,66-60-75(83)86-70-55-49-43-39-31-27-23-19-15-9-3)79(78,67-58-73(80)81)68-61-76(84)87-71-56-50-44-40-32-28-24-20-16-10-4/h11,62,72H,7-10,12-61,63-71H2,1-6H3,(H,80,81). The largest absolute Gasteiger partial charge is 0.481 e. The number of hydrogen-bond acceptors (Lipinski definition) is 7. The number of esters is 3. The third kappa shape index (κ3) is 40.3. The van der Waals surface area contributed by atoms with E-state index < -0.39 is 22.2 Å². The molecule has 0 radical (unpaired) electrons. The number of allylic oxidation sites excluding steroid dienone is 2. The zero-order chi connectivity index (χ0) is 63.5. The summed E-state index contributed by atoms with van der Waals surface area (Å²) in [5.41, 5.74) is -1.94. The summed E-state index contributed by atoms with van der Waals surface area (Å²) in [4.78, 5) is 56.7. The predicted octanol–water partition coefficient (Wildman–Crippen LogP) is 25.4. The zero-order valence-electron chi connectivity index (χ0n) is 59.1. The molecule has 3 unspecified atom stereocenters. The Labute approximate surface area is 540 Å². The SMILES string of the molecule is CC=CC1(CCCCCCCCCCCCCCCC)C(CC)CCCCCCC(CCC(=O)OCCCCCCCCCCCC)(CCC(=O)OCCCCCCCCCCCC)C1(CCC(=O)O)CCC(=O)OCCCCCCCCCCCC. The highest BCUT2D eigenvalue weighted by Crippen LogP contribution is 2.69. The van der Waals surface area contributed by atoms with Gasteiger partial charge < -0.3 is 19.3 Å². The predicted molar refractivity (Wildman–Crippen MR) is 372 cm³/mol. The molecule has 87 heavy (non-hydrogen) atoms.